The van der Waals surface area contributed by atoms with Crippen molar-refractivity contribution in [2.24, 2.45) is 5.92 Å². The van der Waals surface area contributed by atoms with Gasteiger partial charge in [0.05, 0.1) is 18.5 Å². The Labute approximate surface area is 185 Å². The maximum Gasteiger partial charge on any atom is 0.363 e. The van der Waals surface area contributed by atoms with E-state index in [0.29, 0.717) is 39.1 Å². The predicted molar refractivity (Wildman–Crippen MR) is 116 cm³/mol. The standard InChI is InChI=1S/C22H27FN6O3/c1-3-27-22(31)28(25-24-27)13-12-26-11-10-18(16(2)15-26)29(19-8-5-4-7-17(19)23)21(30)20-9-6-14-32-20/h4-9,14,16,18H,3,10-13,15H2,1-2H3/t16-,18+/m1/s1. The number of likely N-dealkylation sites (tertiary alicyclic amines) is 1. The van der Waals surface area contributed by atoms with E-state index >= 15 is 0 Å². The number of halogens is 1. The summed E-state index contributed by atoms with van der Waals surface area (Å²) < 4.78 is 22.7. The molecule has 3 aromatic rings. The first kappa shape index (κ1) is 21.9. The minimum absolute atomic E-state index is 0.0744. The van der Waals surface area contributed by atoms with Crippen LogP contribution >= 0.6 is 0 Å². The number of tetrazole rings is 1. The second-order valence-electron chi connectivity index (χ2n) is 8.04. The molecular weight excluding hydrogens is 415 g/mol. The molecule has 1 amide bonds. The fourth-order valence-corrected chi connectivity index (χ4v) is 4.29. The summed E-state index contributed by atoms with van der Waals surface area (Å²) in [4.78, 5) is 29.2. The number of nitrogens with zero attached hydrogens (tertiary/aromatic N) is 6. The van der Waals surface area contributed by atoms with Crippen LogP contribution in [0.5, 0.6) is 0 Å². The third kappa shape index (κ3) is 4.36. The van der Waals surface area contributed by atoms with Gasteiger partial charge in [0, 0.05) is 32.2 Å². The Morgan fingerprint density at radius 3 is 2.62 bits per heavy atom. The number of aryl methyl sites for hydroxylation is 1. The highest BCUT2D eigenvalue weighted by Gasteiger charge is 2.36. The molecule has 2 aromatic heterocycles. The van der Waals surface area contributed by atoms with Crippen LogP contribution in [0, 0.1) is 11.7 Å². The Morgan fingerprint density at radius 2 is 1.97 bits per heavy atom. The topological polar surface area (TPSA) is 89.4 Å². The van der Waals surface area contributed by atoms with E-state index < -0.39 is 5.82 Å². The van der Waals surface area contributed by atoms with Gasteiger partial charge in [0.25, 0.3) is 5.91 Å². The number of para-hydroxylation sites is 1. The van der Waals surface area contributed by atoms with Crippen molar-refractivity contribution in [1.82, 2.24) is 24.7 Å². The molecule has 0 saturated carbocycles. The number of aromatic nitrogens is 4. The van der Waals surface area contributed by atoms with Crippen LogP contribution in [0.4, 0.5) is 10.1 Å². The molecule has 9 nitrogen and oxygen atoms in total. The zero-order valence-corrected chi connectivity index (χ0v) is 18.2. The number of rotatable bonds is 7. The molecule has 0 bridgehead atoms. The summed E-state index contributed by atoms with van der Waals surface area (Å²) in [7, 11) is 0. The van der Waals surface area contributed by atoms with Gasteiger partial charge in [-0.25, -0.2) is 9.18 Å². The summed E-state index contributed by atoms with van der Waals surface area (Å²) in [5, 5.41) is 7.76. The van der Waals surface area contributed by atoms with E-state index in [-0.39, 0.29) is 35.0 Å². The average molecular weight is 442 g/mol. The SMILES string of the molecule is CCn1nnn(CCN2CC[C@H](N(C(=O)c3ccco3)c3ccccc3F)[C@H](C)C2)c1=O. The highest BCUT2D eigenvalue weighted by molar-refractivity contribution is 6.04. The number of hydrogen-bond acceptors (Lipinski definition) is 6. The van der Waals surface area contributed by atoms with Crippen LogP contribution in [0.3, 0.4) is 0 Å². The maximum absolute atomic E-state index is 14.7. The lowest BCUT2D eigenvalue weighted by molar-refractivity contribution is 0.0901. The molecular formula is C22H27FN6O3. The Balaban J connectivity index is 1.49. The van der Waals surface area contributed by atoms with Crippen LogP contribution in [-0.4, -0.2) is 56.3 Å². The number of amides is 1. The van der Waals surface area contributed by atoms with Crippen molar-refractivity contribution in [1.29, 1.82) is 0 Å². The molecule has 32 heavy (non-hydrogen) atoms. The molecule has 1 aromatic carbocycles. The first-order valence-electron chi connectivity index (χ1n) is 10.8. The number of furan rings is 1. The summed E-state index contributed by atoms with van der Waals surface area (Å²) >= 11 is 0. The third-order valence-electron chi connectivity index (χ3n) is 5.96. The average Bonchev–Trinajstić information content (AvgIpc) is 3.45. The van der Waals surface area contributed by atoms with Crippen molar-refractivity contribution < 1.29 is 13.6 Å². The fourth-order valence-electron chi connectivity index (χ4n) is 4.29. The van der Waals surface area contributed by atoms with Crippen molar-refractivity contribution in [3.63, 3.8) is 0 Å². The van der Waals surface area contributed by atoms with E-state index in [1.54, 1.807) is 30.3 Å². The number of anilines is 1. The molecule has 0 unspecified atom stereocenters. The van der Waals surface area contributed by atoms with Gasteiger partial charge in [0.15, 0.2) is 5.76 Å². The lowest BCUT2D eigenvalue weighted by Gasteiger charge is -2.42. The van der Waals surface area contributed by atoms with Gasteiger partial charge < -0.3 is 9.32 Å². The second kappa shape index (κ2) is 9.47. The number of carbonyl (C=O) groups excluding carboxylic acids is 1. The van der Waals surface area contributed by atoms with Gasteiger partial charge >= 0.3 is 5.69 Å². The molecule has 0 N–H and O–H groups in total. The van der Waals surface area contributed by atoms with Gasteiger partial charge in [-0.15, -0.1) is 0 Å². The highest BCUT2D eigenvalue weighted by atomic mass is 19.1. The molecule has 0 aliphatic carbocycles. The quantitative estimate of drug-likeness (QED) is 0.558. The Morgan fingerprint density at radius 1 is 1.19 bits per heavy atom. The Hall–Kier alpha value is -3.27. The van der Waals surface area contributed by atoms with Gasteiger partial charge in [-0.1, -0.05) is 19.1 Å². The molecule has 1 fully saturated rings. The first-order valence-corrected chi connectivity index (χ1v) is 10.8. The van der Waals surface area contributed by atoms with Crippen molar-refractivity contribution in [3.8, 4) is 0 Å². The lowest BCUT2D eigenvalue weighted by Crippen LogP contribution is -2.53. The summed E-state index contributed by atoms with van der Waals surface area (Å²) in [5.41, 5.74) is 0.0344. The molecule has 1 saturated heterocycles. The number of piperidine rings is 1. The van der Waals surface area contributed by atoms with Crippen LogP contribution in [0.25, 0.3) is 0 Å². The minimum atomic E-state index is -0.444. The van der Waals surface area contributed by atoms with Crippen LogP contribution < -0.4 is 10.6 Å². The zero-order valence-electron chi connectivity index (χ0n) is 18.2. The molecule has 3 heterocycles. The molecule has 10 heteroatoms. The molecule has 0 spiro atoms. The van der Waals surface area contributed by atoms with Crippen LogP contribution in [-0.2, 0) is 13.1 Å². The maximum atomic E-state index is 14.7. The van der Waals surface area contributed by atoms with Gasteiger partial charge in [0.1, 0.15) is 5.82 Å². The van der Waals surface area contributed by atoms with E-state index in [1.165, 1.54) is 26.6 Å². The molecule has 0 radical (unpaired) electrons. The van der Waals surface area contributed by atoms with Crippen molar-refractivity contribution >= 4 is 11.6 Å². The second-order valence-corrected chi connectivity index (χ2v) is 8.04. The van der Waals surface area contributed by atoms with E-state index in [4.69, 9.17) is 4.42 Å². The Kier molecular flexibility index (Phi) is 6.50. The summed E-state index contributed by atoms with van der Waals surface area (Å²) in [6.07, 6.45) is 2.11. The normalized spacial score (nSPS) is 19.2. The predicted octanol–water partition coefficient (Wildman–Crippen LogP) is 2.25. The minimum Gasteiger partial charge on any atom is -0.459 e. The summed E-state index contributed by atoms with van der Waals surface area (Å²) in [6.45, 7) is 6.89. The van der Waals surface area contributed by atoms with Crippen molar-refractivity contribution in [2.75, 3.05) is 24.5 Å². The lowest BCUT2D eigenvalue weighted by atomic mass is 9.91. The number of hydrogen-bond donors (Lipinski definition) is 0. The van der Waals surface area contributed by atoms with Gasteiger partial charge in [0.2, 0.25) is 0 Å². The van der Waals surface area contributed by atoms with Gasteiger partial charge in [-0.05, 0) is 54.0 Å². The van der Waals surface area contributed by atoms with Crippen LogP contribution in [0.1, 0.15) is 30.8 Å². The van der Waals surface area contributed by atoms with Crippen molar-refractivity contribution in [2.45, 2.75) is 39.4 Å². The number of benzene rings is 1. The molecule has 170 valence electrons. The largest absolute Gasteiger partial charge is 0.459 e. The van der Waals surface area contributed by atoms with E-state index in [0.717, 1.165) is 0 Å². The van der Waals surface area contributed by atoms with E-state index in [1.807, 2.05) is 6.92 Å². The zero-order chi connectivity index (χ0) is 22.7. The van der Waals surface area contributed by atoms with Crippen molar-refractivity contribution in [3.05, 3.63) is 64.7 Å². The molecule has 2 atom stereocenters. The smallest absolute Gasteiger partial charge is 0.363 e. The van der Waals surface area contributed by atoms with Crippen LogP contribution in [0.2, 0.25) is 0 Å². The summed E-state index contributed by atoms with van der Waals surface area (Å²) in [5.74, 6) is -0.542. The number of carbonyl (C=O) groups is 1. The molecule has 1 aliphatic heterocycles. The monoisotopic (exact) mass is 442 g/mol. The van der Waals surface area contributed by atoms with Gasteiger partial charge in [-0.2, -0.15) is 9.36 Å². The highest BCUT2D eigenvalue weighted by Crippen LogP contribution is 2.30. The summed E-state index contributed by atoms with van der Waals surface area (Å²) in [6, 6.07) is 9.37. The van der Waals surface area contributed by atoms with Crippen LogP contribution in [0.15, 0.2) is 51.9 Å². The molecule has 4 rings (SSSR count). The molecule has 1 aliphatic rings. The fraction of sp³-hybridized carbons (Fsp3) is 0.455. The van der Waals surface area contributed by atoms with E-state index in [2.05, 4.69) is 22.3 Å². The van der Waals surface area contributed by atoms with E-state index in [9.17, 15) is 14.0 Å². The third-order valence-corrected chi connectivity index (χ3v) is 5.96. The first-order chi connectivity index (χ1) is 15.5. The van der Waals surface area contributed by atoms with Gasteiger partial charge in [-0.3, -0.25) is 9.69 Å². The Bertz CT molecular complexity index is 1110.